The summed E-state index contributed by atoms with van der Waals surface area (Å²) in [6, 6.07) is 1.25. The summed E-state index contributed by atoms with van der Waals surface area (Å²) in [5, 5.41) is 15.6. The predicted octanol–water partition coefficient (Wildman–Crippen LogP) is 0.939. The fourth-order valence-corrected chi connectivity index (χ4v) is 2.66. The largest absolute Gasteiger partial charge is 0.486 e. The summed E-state index contributed by atoms with van der Waals surface area (Å²) in [6.45, 7) is 0.496. The molecule has 0 radical (unpaired) electrons. The van der Waals surface area contributed by atoms with Crippen LogP contribution in [0.25, 0.3) is 0 Å². The van der Waals surface area contributed by atoms with Crippen molar-refractivity contribution in [2.24, 2.45) is 5.14 Å². The van der Waals surface area contributed by atoms with Gasteiger partial charge in [-0.15, -0.1) is 0 Å². The summed E-state index contributed by atoms with van der Waals surface area (Å²) in [7, 11) is -4.37. The van der Waals surface area contributed by atoms with E-state index in [4.69, 9.17) is 14.6 Å². The first kappa shape index (κ1) is 15.6. The highest BCUT2D eigenvalue weighted by Crippen LogP contribution is 2.31. The van der Waals surface area contributed by atoms with Crippen LogP contribution in [0.3, 0.4) is 0 Å². The molecule has 1 aromatic rings. The summed E-state index contributed by atoms with van der Waals surface area (Å²) in [4.78, 5) is 8.98. The first-order valence-electron chi connectivity index (χ1n) is 6.04. The molecule has 0 aromatic heterocycles. The van der Waals surface area contributed by atoms with Gasteiger partial charge in [0, 0.05) is 12.7 Å². The van der Waals surface area contributed by atoms with Crippen LogP contribution >= 0.6 is 0 Å². The third kappa shape index (κ3) is 3.65. The normalized spacial score (nSPS) is 18.7. The lowest BCUT2D eigenvalue weighted by Gasteiger charge is -2.14. The van der Waals surface area contributed by atoms with Gasteiger partial charge in [-0.05, 0) is 12.8 Å². The molecule has 1 atom stereocenters. The number of nitro groups is 1. The number of benzene rings is 1. The van der Waals surface area contributed by atoms with E-state index in [0.29, 0.717) is 25.2 Å². The number of hydrogen-bond donors (Lipinski definition) is 1. The van der Waals surface area contributed by atoms with Gasteiger partial charge in [0.2, 0.25) is 10.0 Å². The highest BCUT2D eigenvalue weighted by Gasteiger charge is 2.26. The Morgan fingerprint density at radius 2 is 2.24 bits per heavy atom. The van der Waals surface area contributed by atoms with Crippen LogP contribution in [0.4, 0.5) is 10.1 Å². The number of nitrogens with two attached hydrogens (primary N) is 1. The summed E-state index contributed by atoms with van der Waals surface area (Å²) in [5.41, 5.74) is -0.721. The van der Waals surface area contributed by atoms with Crippen molar-refractivity contribution < 1.29 is 27.2 Å². The Balaban J connectivity index is 2.35. The molecule has 0 bridgehead atoms. The fourth-order valence-electron chi connectivity index (χ4n) is 1.96. The molecule has 2 rings (SSSR count). The summed E-state index contributed by atoms with van der Waals surface area (Å²) in [6.07, 6.45) is 1.27. The van der Waals surface area contributed by atoms with E-state index in [1.165, 1.54) is 0 Å². The van der Waals surface area contributed by atoms with Crippen LogP contribution in [-0.2, 0) is 14.8 Å². The lowest BCUT2D eigenvalue weighted by Crippen LogP contribution is -2.20. The van der Waals surface area contributed by atoms with Crippen LogP contribution in [0, 0.1) is 15.9 Å². The standard InChI is InChI=1S/C11H13FN2O6S/c12-9-4-7(14(15)16)5-10(21(13,17)18)11(9)20-6-8-2-1-3-19-8/h4-5,8H,1-3,6H2,(H2,13,17,18). The SMILES string of the molecule is NS(=O)(=O)c1cc([N+](=O)[O-])cc(F)c1OCC1CCCO1. The molecule has 1 aromatic carbocycles. The molecule has 116 valence electrons. The van der Waals surface area contributed by atoms with E-state index in [9.17, 15) is 22.9 Å². The van der Waals surface area contributed by atoms with Gasteiger partial charge in [0.1, 0.15) is 11.5 Å². The van der Waals surface area contributed by atoms with E-state index < -0.39 is 37.1 Å². The third-order valence-electron chi connectivity index (χ3n) is 2.95. The maximum absolute atomic E-state index is 13.9. The predicted molar refractivity (Wildman–Crippen MR) is 68.9 cm³/mol. The molecule has 8 nitrogen and oxygen atoms in total. The molecule has 1 unspecified atom stereocenters. The number of primary sulfonamides is 1. The number of nitro benzene ring substituents is 1. The van der Waals surface area contributed by atoms with E-state index in [1.54, 1.807) is 0 Å². The van der Waals surface area contributed by atoms with Crippen LogP contribution in [-0.4, -0.2) is 32.7 Å². The molecule has 1 aliphatic heterocycles. The minimum atomic E-state index is -4.37. The zero-order valence-corrected chi connectivity index (χ0v) is 11.6. The van der Waals surface area contributed by atoms with Crippen LogP contribution in [0.1, 0.15) is 12.8 Å². The van der Waals surface area contributed by atoms with Gasteiger partial charge in [0.05, 0.1) is 17.1 Å². The van der Waals surface area contributed by atoms with Crippen molar-refractivity contribution >= 4 is 15.7 Å². The lowest BCUT2D eigenvalue weighted by molar-refractivity contribution is -0.385. The Morgan fingerprint density at radius 3 is 2.76 bits per heavy atom. The van der Waals surface area contributed by atoms with Crippen LogP contribution in [0.2, 0.25) is 0 Å². The van der Waals surface area contributed by atoms with Gasteiger partial charge in [-0.25, -0.2) is 17.9 Å². The Bertz CT molecular complexity index is 657. The van der Waals surface area contributed by atoms with Crippen LogP contribution in [0.5, 0.6) is 5.75 Å². The van der Waals surface area contributed by atoms with Gasteiger partial charge in [-0.3, -0.25) is 10.1 Å². The monoisotopic (exact) mass is 320 g/mol. The average Bonchev–Trinajstić information content (AvgIpc) is 2.88. The molecule has 0 aliphatic carbocycles. The Morgan fingerprint density at radius 1 is 1.52 bits per heavy atom. The molecular formula is C11H13FN2O6S. The zero-order valence-electron chi connectivity index (χ0n) is 10.8. The quantitative estimate of drug-likeness (QED) is 0.636. The van der Waals surface area contributed by atoms with Gasteiger partial charge >= 0.3 is 0 Å². The first-order valence-corrected chi connectivity index (χ1v) is 7.59. The van der Waals surface area contributed by atoms with Gasteiger partial charge < -0.3 is 9.47 Å². The molecule has 1 aliphatic rings. The highest BCUT2D eigenvalue weighted by molar-refractivity contribution is 7.89. The number of nitrogens with zero attached hydrogens (tertiary/aromatic N) is 1. The van der Waals surface area contributed by atoms with Crippen molar-refractivity contribution in [1.29, 1.82) is 0 Å². The zero-order chi connectivity index (χ0) is 15.6. The van der Waals surface area contributed by atoms with Gasteiger partial charge in [0.25, 0.3) is 5.69 Å². The fraction of sp³-hybridized carbons (Fsp3) is 0.455. The molecular weight excluding hydrogens is 307 g/mol. The van der Waals surface area contributed by atoms with E-state index in [-0.39, 0.29) is 12.7 Å². The molecule has 1 fully saturated rings. The minimum Gasteiger partial charge on any atom is -0.486 e. The Kier molecular flexibility index (Phi) is 4.40. The van der Waals surface area contributed by atoms with Crippen LogP contribution in [0.15, 0.2) is 17.0 Å². The molecule has 0 spiro atoms. The number of rotatable bonds is 5. The van der Waals surface area contributed by atoms with E-state index in [1.807, 2.05) is 0 Å². The molecule has 2 N–H and O–H groups in total. The third-order valence-corrected chi connectivity index (χ3v) is 3.87. The molecule has 21 heavy (non-hydrogen) atoms. The van der Waals surface area contributed by atoms with Crippen molar-refractivity contribution in [2.45, 2.75) is 23.8 Å². The molecule has 0 amide bonds. The lowest BCUT2D eigenvalue weighted by atomic mass is 10.2. The average molecular weight is 320 g/mol. The highest BCUT2D eigenvalue weighted by atomic mass is 32.2. The van der Waals surface area contributed by atoms with Crippen molar-refractivity contribution in [3.05, 3.63) is 28.1 Å². The second kappa shape index (κ2) is 5.92. The maximum atomic E-state index is 13.9. The van der Waals surface area contributed by atoms with E-state index in [0.717, 1.165) is 6.42 Å². The van der Waals surface area contributed by atoms with Crippen molar-refractivity contribution in [2.75, 3.05) is 13.2 Å². The summed E-state index contributed by atoms with van der Waals surface area (Å²) < 4.78 is 47.2. The van der Waals surface area contributed by atoms with Gasteiger partial charge in [-0.1, -0.05) is 0 Å². The number of non-ortho nitro benzene ring substituents is 1. The number of hydrogen-bond acceptors (Lipinski definition) is 6. The molecule has 1 heterocycles. The van der Waals surface area contributed by atoms with Gasteiger partial charge in [-0.2, -0.15) is 0 Å². The maximum Gasteiger partial charge on any atom is 0.274 e. The van der Waals surface area contributed by atoms with Gasteiger partial charge in [0.15, 0.2) is 11.6 Å². The van der Waals surface area contributed by atoms with Crippen molar-refractivity contribution in [3.8, 4) is 5.75 Å². The first-order chi connectivity index (χ1) is 9.79. The van der Waals surface area contributed by atoms with Crippen LogP contribution < -0.4 is 9.88 Å². The topological polar surface area (TPSA) is 122 Å². The molecule has 0 saturated carbocycles. The van der Waals surface area contributed by atoms with E-state index in [2.05, 4.69) is 0 Å². The number of halogens is 1. The molecule has 1 saturated heterocycles. The smallest absolute Gasteiger partial charge is 0.274 e. The van der Waals surface area contributed by atoms with Crippen molar-refractivity contribution in [3.63, 3.8) is 0 Å². The second-order valence-electron chi connectivity index (χ2n) is 4.50. The number of ether oxygens (including phenoxy) is 2. The summed E-state index contributed by atoms with van der Waals surface area (Å²) in [5.74, 6) is -1.79. The minimum absolute atomic E-state index is 0.0583. The molecule has 10 heteroatoms. The second-order valence-corrected chi connectivity index (χ2v) is 6.03. The number of sulfonamides is 1. The van der Waals surface area contributed by atoms with E-state index >= 15 is 0 Å². The Labute approximate surface area is 119 Å². The Hall–Kier alpha value is -1.78. The van der Waals surface area contributed by atoms with Crippen molar-refractivity contribution in [1.82, 2.24) is 0 Å². The summed E-state index contributed by atoms with van der Waals surface area (Å²) >= 11 is 0.